The summed E-state index contributed by atoms with van der Waals surface area (Å²) in [5, 5.41) is 22.3. The van der Waals surface area contributed by atoms with Crippen LogP contribution in [0.2, 0.25) is 5.02 Å². The van der Waals surface area contributed by atoms with Crippen LogP contribution in [0.5, 0.6) is 0 Å². The molecule has 1 fully saturated rings. The maximum Gasteiger partial charge on any atom is 0.289 e. The van der Waals surface area contributed by atoms with Crippen molar-refractivity contribution >= 4 is 34.7 Å². The van der Waals surface area contributed by atoms with Gasteiger partial charge in [-0.1, -0.05) is 11.6 Å². The van der Waals surface area contributed by atoms with Crippen molar-refractivity contribution in [3.05, 3.63) is 75.6 Å². The van der Waals surface area contributed by atoms with E-state index >= 15 is 0 Å². The lowest BCUT2D eigenvalue weighted by atomic mass is 9.97. The molecule has 3 aromatic rings. The van der Waals surface area contributed by atoms with Gasteiger partial charge in [0.1, 0.15) is 10.8 Å². The molecule has 1 atom stereocenters. The average Bonchev–Trinajstić information content (AvgIpc) is 2.81. The molecule has 8 nitrogen and oxygen atoms in total. The van der Waals surface area contributed by atoms with Gasteiger partial charge in [-0.3, -0.25) is 14.9 Å². The molecule has 1 N–H and O–H groups in total. The summed E-state index contributed by atoms with van der Waals surface area (Å²) in [7, 11) is 0. The van der Waals surface area contributed by atoms with Gasteiger partial charge in [0.2, 0.25) is 5.91 Å². The highest BCUT2D eigenvalue weighted by molar-refractivity contribution is 6.32. The van der Waals surface area contributed by atoms with Crippen LogP contribution in [0.15, 0.2) is 54.6 Å². The van der Waals surface area contributed by atoms with Crippen LogP contribution in [0.25, 0.3) is 11.3 Å². The topological polar surface area (TPSA) is 101 Å². The number of nitro benzene ring substituents is 1. The van der Waals surface area contributed by atoms with E-state index in [0.29, 0.717) is 30.2 Å². The van der Waals surface area contributed by atoms with E-state index < -0.39 is 4.92 Å². The Morgan fingerprint density at radius 2 is 1.94 bits per heavy atom. The number of aromatic nitrogens is 2. The normalized spacial score (nSPS) is 15.9. The maximum atomic E-state index is 13.1. The highest BCUT2D eigenvalue weighted by atomic mass is 35.5. The first kappa shape index (κ1) is 21.6. The number of carbonyl (C=O) groups excluding carboxylic acids is 1. The molecule has 1 amide bonds. The summed E-state index contributed by atoms with van der Waals surface area (Å²) in [6.07, 6.45) is 1.49. The Labute approximate surface area is 188 Å². The first-order valence-corrected chi connectivity index (χ1v) is 10.4. The van der Waals surface area contributed by atoms with Gasteiger partial charge in [-0.15, -0.1) is 10.2 Å². The fourth-order valence-electron chi connectivity index (χ4n) is 3.64. The Hall–Kier alpha value is -3.59. The van der Waals surface area contributed by atoms with E-state index in [1.54, 1.807) is 12.1 Å². The van der Waals surface area contributed by atoms with Crippen LogP contribution in [-0.4, -0.2) is 34.1 Å². The number of amides is 1. The molecule has 1 saturated heterocycles. The van der Waals surface area contributed by atoms with Crippen molar-refractivity contribution in [3.8, 4) is 11.3 Å². The van der Waals surface area contributed by atoms with Gasteiger partial charge < -0.3 is 10.2 Å². The van der Waals surface area contributed by atoms with Crippen LogP contribution >= 0.6 is 11.6 Å². The molecule has 4 rings (SSSR count). The third-order valence-electron chi connectivity index (χ3n) is 5.32. The fraction of sp³-hybridized carbons (Fsp3) is 0.227. The first-order valence-electron chi connectivity index (χ1n) is 10.00. The number of hydrogen-bond acceptors (Lipinski definition) is 6. The van der Waals surface area contributed by atoms with Gasteiger partial charge in [0.25, 0.3) is 5.69 Å². The number of rotatable bonds is 5. The molecule has 0 aliphatic carbocycles. The zero-order valence-electron chi connectivity index (χ0n) is 16.9. The van der Waals surface area contributed by atoms with Gasteiger partial charge in [0.15, 0.2) is 5.82 Å². The molecule has 2 heterocycles. The Morgan fingerprint density at radius 3 is 2.62 bits per heavy atom. The number of piperidine rings is 1. The van der Waals surface area contributed by atoms with E-state index in [9.17, 15) is 19.3 Å². The van der Waals surface area contributed by atoms with E-state index in [1.807, 2.05) is 17.0 Å². The lowest BCUT2D eigenvalue weighted by Gasteiger charge is -2.32. The summed E-state index contributed by atoms with van der Waals surface area (Å²) in [6, 6.07) is 13.8. The van der Waals surface area contributed by atoms with Crippen molar-refractivity contribution in [2.24, 2.45) is 5.92 Å². The Balaban J connectivity index is 1.43. The molecule has 0 spiro atoms. The second kappa shape index (κ2) is 9.27. The third-order valence-corrected chi connectivity index (χ3v) is 5.64. The van der Waals surface area contributed by atoms with Gasteiger partial charge in [-0.2, -0.15) is 0 Å². The molecule has 10 heteroatoms. The monoisotopic (exact) mass is 455 g/mol. The minimum Gasteiger partial charge on any atom is -0.354 e. The van der Waals surface area contributed by atoms with Crippen molar-refractivity contribution in [1.82, 2.24) is 10.2 Å². The van der Waals surface area contributed by atoms with Crippen LogP contribution in [0.3, 0.4) is 0 Å². The molecule has 32 heavy (non-hydrogen) atoms. The Kier molecular flexibility index (Phi) is 6.27. The van der Waals surface area contributed by atoms with E-state index in [-0.39, 0.29) is 28.4 Å². The lowest BCUT2D eigenvalue weighted by Crippen LogP contribution is -2.41. The summed E-state index contributed by atoms with van der Waals surface area (Å²) in [5.41, 5.74) is 1.46. The largest absolute Gasteiger partial charge is 0.354 e. The fourth-order valence-corrected chi connectivity index (χ4v) is 3.83. The number of anilines is 2. The van der Waals surface area contributed by atoms with Crippen LogP contribution in [0, 0.1) is 21.8 Å². The lowest BCUT2D eigenvalue weighted by molar-refractivity contribution is -0.384. The third kappa shape index (κ3) is 4.83. The van der Waals surface area contributed by atoms with E-state index in [2.05, 4.69) is 15.5 Å². The molecular weight excluding hydrogens is 437 g/mol. The highest BCUT2D eigenvalue weighted by Crippen LogP contribution is 2.29. The van der Waals surface area contributed by atoms with Gasteiger partial charge in [0, 0.05) is 30.4 Å². The first-order chi connectivity index (χ1) is 15.4. The predicted molar refractivity (Wildman–Crippen MR) is 119 cm³/mol. The van der Waals surface area contributed by atoms with E-state index in [4.69, 9.17) is 11.6 Å². The van der Waals surface area contributed by atoms with Gasteiger partial charge in [-0.25, -0.2) is 4.39 Å². The SMILES string of the molecule is O=C(Nc1ccc(Cl)c([N+](=O)[O-])c1)C1CCCN(c2ccc(-c3ccc(F)cc3)nn2)C1. The quantitative estimate of drug-likeness (QED) is 0.442. The van der Waals surface area contributed by atoms with Crippen LogP contribution in [0.4, 0.5) is 21.6 Å². The molecule has 1 unspecified atom stereocenters. The van der Waals surface area contributed by atoms with Gasteiger partial charge in [-0.05, 0) is 61.4 Å². The molecule has 0 radical (unpaired) electrons. The number of halogens is 2. The van der Waals surface area contributed by atoms with Crippen molar-refractivity contribution in [2.75, 3.05) is 23.3 Å². The van der Waals surface area contributed by atoms with E-state index in [1.165, 1.54) is 30.3 Å². The van der Waals surface area contributed by atoms with Crippen LogP contribution in [-0.2, 0) is 4.79 Å². The van der Waals surface area contributed by atoms with Crippen LogP contribution < -0.4 is 10.2 Å². The molecule has 2 aromatic carbocycles. The molecule has 1 aliphatic rings. The minimum absolute atomic E-state index is 0.0134. The van der Waals surface area contributed by atoms with Crippen molar-refractivity contribution in [1.29, 1.82) is 0 Å². The number of benzene rings is 2. The van der Waals surface area contributed by atoms with Crippen LogP contribution in [0.1, 0.15) is 12.8 Å². The number of hydrogen-bond donors (Lipinski definition) is 1. The summed E-state index contributed by atoms with van der Waals surface area (Å²) in [6.45, 7) is 1.19. The van der Waals surface area contributed by atoms with Gasteiger partial charge in [0.05, 0.1) is 16.5 Å². The molecular formula is C22H19ClFN5O3. The smallest absolute Gasteiger partial charge is 0.289 e. The summed E-state index contributed by atoms with van der Waals surface area (Å²) >= 11 is 5.83. The molecule has 164 valence electrons. The molecule has 1 aromatic heterocycles. The number of carbonyl (C=O) groups is 1. The molecule has 0 saturated carbocycles. The van der Waals surface area contributed by atoms with E-state index in [0.717, 1.165) is 18.5 Å². The standard InChI is InChI=1S/C22H19ClFN5O3/c23-18-8-7-17(12-20(18)29(31)32)25-22(30)15-2-1-11-28(13-15)21-10-9-19(26-27-21)14-3-5-16(24)6-4-14/h3-10,12,15H,1-2,11,13H2,(H,25,30). The number of nitrogens with zero attached hydrogens (tertiary/aromatic N) is 4. The maximum absolute atomic E-state index is 13.1. The minimum atomic E-state index is -0.589. The average molecular weight is 456 g/mol. The molecule has 0 bridgehead atoms. The summed E-state index contributed by atoms with van der Waals surface area (Å²) < 4.78 is 13.1. The second-order valence-electron chi connectivity index (χ2n) is 7.48. The Morgan fingerprint density at radius 1 is 1.16 bits per heavy atom. The second-order valence-corrected chi connectivity index (χ2v) is 7.89. The zero-order chi connectivity index (χ0) is 22.7. The Bertz CT molecular complexity index is 1140. The van der Waals surface area contributed by atoms with Crippen molar-refractivity contribution < 1.29 is 14.1 Å². The highest BCUT2D eigenvalue weighted by Gasteiger charge is 2.27. The molecule has 1 aliphatic heterocycles. The zero-order valence-corrected chi connectivity index (χ0v) is 17.6. The van der Waals surface area contributed by atoms with Crippen molar-refractivity contribution in [2.45, 2.75) is 12.8 Å². The predicted octanol–water partition coefficient (Wildman–Crippen LogP) is 4.70. The summed E-state index contributed by atoms with van der Waals surface area (Å²) in [5.74, 6) is -0.195. The van der Waals surface area contributed by atoms with Crippen molar-refractivity contribution in [3.63, 3.8) is 0 Å². The number of nitro groups is 1. The van der Waals surface area contributed by atoms with Gasteiger partial charge >= 0.3 is 0 Å². The number of nitrogens with one attached hydrogen (secondary N) is 1. The summed E-state index contributed by atoms with van der Waals surface area (Å²) in [4.78, 5) is 25.2.